The number of para-hydroxylation sites is 5. The Balaban J connectivity index is 0.922. The van der Waals surface area contributed by atoms with Gasteiger partial charge in [0.1, 0.15) is 11.2 Å². The van der Waals surface area contributed by atoms with Crippen molar-refractivity contribution in [2.75, 3.05) is 4.90 Å². The third-order valence-electron chi connectivity index (χ3n) is 13.4. The van der Waals surface area contributed by atoms with Gasteiger partial charge >= 0.3 is 0 Å². The van der Waals surface area contributed by atoms with E-state index in [4.69, 9.17) is 4.42 Å². The molecule has 0 fully saturated rings. The van der Waals surface area contributed by atoms with E-state index in [1.54, 1.807) is 0 Å². The predicted octanol–water partition coefficient (Wildman–Crippen LogP) is 18.0. The molecular formula is C64H42N2O. The van der Waals surface area contributed by atoms with E-state index in [1.165, 1.54) is 54.8 Å². The van der Waals surface area contributed by atoms with E-state index in [9.17, 15) is 0 Å². The van der Waals surface area contributed by atoms with Crippen LogP contribution in [0.4, 0.5) is 17.1 Å². The van der Waals surface area contributed by atoms with Crippen LogP contribution in [-0.2, 0) is 0 Å². The summed E-state index contributed by atoms with van der Waals surface area (Å²) in [6.07, 6.45) is 0. The fourth-order valence-corrected chi connectivity index (χ4v) is 10.2. The third-order valence-corrected chi connectivity index (χ3v) is 13.4. The molecule has 0 spiro atoms. The van der Waals surface area contributed by atoms with Crippen LogP contribution in [-0.4, -0.2) is 4.57 Å². The van der Waals surface area contributed by atoms with E-state index >= 15 is 0 Å². The maximum atomic E-state index is 6.41. The number of furan rings is 1. The number of hydrogen-bond donors (Lipinski definition) is 0. The lowest BCUT2D eigenvalue weighted by Crippen LogP contribution is -2.11. The number of aromatic nitrogens is 1. The Bertz CT molecular complexity index is 3920. The molecule has 0 aliphatic carbocycles. The van der Waals surface area contributed by atoms with E-state index in [1.807, 2.05) is 6.07 Å². The Labute approximate surface area is 388 Å². The summed E-state index contributed by atoms with van der Waals surface area (Å²) in [6, 6.07) is 91.9. The SMILES string of the molecule is c1ccc(N(c2ccc(-c3ccc(-c4ccc5ccccc5c4)cc3)cc2)c2ccc(-c3ccccc3-n3c4ccccc4c4ccccc43)cc2)c(-c2cccc3oc4ccccc4c23)c1. The number of anilines is 3. The molecule has 0 atom stereocenters. The highest BCUT2D eigenvalue weighted by atomic mass is 16.3. The van der Waals surface area contributed by atoms with Crippen LogP contribution in [0, 0.1) is 0 Å². The first-order valence-corrected chi connectivity index (χ1v) is 22.9. The molecule has 0 amide bonds. The number of hydrogen-bond acceptors (Lipinski definition) is 2. The van der Waals surface area contributed by atoms with Crippen LogP contribution < -0.4 is 4.90 Å². The van der Waals surface area contributed by atoms with Crippen LogP contribution in [0.2, 0.25) is 0 Å². The van der Waals surface area contributed by atoms with Crippen LogP contribution in [0.1, 0.15) is 0 Å². The molecule has 0 saturated heterocycles. The van der Waals surface area contributed by atoms with E-state index in [0.29, 0.717) is 0 Å². The highest BCUT2D eigenvalue weighted by Crippen LogP contribution is 2.46. The van der Waals surface area contributed by atoms with Crippen molar-refractivity contribution < 1.29 is 4.42 Å². The van der Waals surface area contributed by atoms with Crippen molar-refractivity contribution in [1.82, 2.24) is 4.57 Å². The monoisotopic (exact) mass is 854 g/mol. The van der Waals surface area contributed by atoms with E-state index < -0.39 is 0 Å². The van der Waals surface area contributed by atoms with Crippen LogP contribution in [0.3, 0.4) is 0 Å². The lowest BCUT2D eigenvalue weighted by atomic mass is 9.96. The standard InChI is InChI=1S/C64H42N2O/c1-2-15-48-42-49(33-32-43(48)14-1)46-30-28-44(29-31-46)45-34-38-50(39-35-45)65(59-23-9-6-19-55(59)56-21-13-27-63-64(56)57-20-7-12-26-62(57)67-63)51-40-36-47(37-41-51)52-16-3-8-22-58(52)66-60-24-10-4-17-53(60)54-18-5-11-25-61(54)66/h1-42H. The van der Waals surface area contributed by atoms with Crippen LogP contribution in [0.5, 0.6) is 0 Å². The zero-order valence-corrected chi connectivity index (χ0v) is 36.6. The van der Waals surface area contributed by atoms with Gasteiger partial charge in [0.25, 0.3) is 0 Å². The first-order valence-electron chi connectivity index (χ1n) is 22.9. The zero-order chi connectivity index (χ0) is 44.3. The van der Waals surface area contributed by atoms with E-state index in [2.05, 4.69) is 258 Å². The fourth-order valence-electron chi connectivity index (χ4n) is 10.2. The van der Waals surface area contributed by atoms with Gasteiger partial charge in [0.05, 0.1) is 22.4 Å². The minimum atomic E-state index is 0.877. The van der Waals surface area contributed by atoms with Crippen molar-refractivity contribution in [1.29, 1.82) is 0 Å². The second kappa shape index (κ2) is 16.0. The summed E-state index contributed by atoms with van der Waals surface area (Å²) in [5, 5.41) is 7.23. The van der Waals surface area contributed by atoms with Gasteiger partial charge in [-0.1, -0.05) is 188 Å². The summed E-state index contributed by atoms with van der Waals surface area (Å²) < 4.78 is 8.82. The molecule has 0 bridgehead atoms. The molecule has 3 heteroatoms. The van der Waals surface area contributed by atoms with Gasteiger partial charge in [-0.2, -0.15) is 0 Å². The molecule has 0 saturated carbocycles. The Morgan fingerprint density at radius 2 is 0.806 bits per heavy atom. The van der Waals surface area contributed by atoms with Crippen LogP contribution in [0.15, 0.2) is 259 Å². The van der Waals surface area contributed by atoms with Crippen molar-refractivity contribution in [3.63, 3.8) is 0 Å². The summed E-state index contributed by atoms with van der Waals surface area (Å²) in [5.74, 6) is 0. The highest BCUT2D eigenvalue weighted by Gasteiger charge is 2.21. The lowest BCUT2D eigenvalue weighted by Gasteiger charge is -2.28. The smallest absolute Gasteiger partial charge is 0.136 e. The zero-order valence-electron chi connectivity index (χ0n) is 36.6. The summed E-state index contributed by atoms with van der Waals surface area (Å²) in [5.41, 5.74) is 17.8. The maximum absolute atomic E-state index is 6.41. The van der Waals surface area contributed by atoms with Crippen molar-refractivity contribution in [2.24, 2.45) is 0 Å². The number of nitrogens with zero attached hydrogens (tertiary/aromatic N) is 2. The molecule has 0 aliphatic rings. The largest absolute Gasteiger partial charge is 0.456 e. The second-order valence-corrected chi connectivity index (χ2v) is 17.2. The molecule has 314 valence electrons. The molecule has 11 aromatic carbocycles. The van der Waals surface area contributed by atoms with Gasteiger partial charge in [0.15, 0.2) is 0 Å². The van der Waals surface area contributed by atoms with E-state index in [0.717, 1.165) is 66.9 Å². The molecule has 0 N–H and O–H groups in total. The van der Waals surface area contributed by atoms with Crippen molar-refractivity contribution >= 4 is 71.6 Å². The number of benzene rings is 11. The summed E-state index contributed by atoms with van der Waals surface area (Å²) in [4.78, 5) is 2.39. The van der Waals surface area contributed by atoms with Crippen molar-refractivity contribution in [3.05, 3.63) is 255 Å². The number of fused-ring (bicyclic) bond motifs is 7. The lowest BCUT2D eigenvalue weighted by molar-refractivity contribution is 0.669. The average Bonchev–Trinajstić information content (AvgIpc) is 3.95. The normalized spacial score (nSPS) is 11.6. The molecule has 3 nitrogen and oxygen atoms in total. The Morgan fingerprint density at radius 3 is 1.52 bits per heavy atom. The van der Waals surface area contributed by atoms with Gasteiger partial charge in [-0.3, -0.25) is 0 Å². The highest BCUT2D eigenvalue weighted by molar-refractivity contribution is 6.14. The Kier molecular flexibility index (Phi) is 9.17. The first-order chi connectivity index (χ1) is 33.2. The Hall–Kier alpha value is -8.92. The van der Waals surface area contributed by atoms with E-state index in [-0.39, 0.29) is 0 Å². The van der Waals surface area contributed by atoms with Gasteiger partial charge in [0, 0.05) is 44.0 Å². The van der Waals surface area contributed by atoms with Gasteiger partial charge in [-0.05, 0) is 111 Å². The average molecular weight is 855 g/mol. The summed E-state index contributed by atoms with van der Waals surface area (Å²) in [7, 11) is 0. The molecule has 0 radical (unpaired) electrons. The molecule has 0 unspecified atom stereocenters. The third kappa shape index (κ3) is 6.59. The topological polar surface area (TPSA) is 21.3 Å². The maximum Gasteiger partial charge on any atom is 0.136 e. The quantitative estimate of drug-likeness (QED) is 0.152. The molecule has 2 heterocycles. The predicted molar refractivity (Wildman–Crippen MR) is 282 cm³/mol. The minimum absolute atomic E-state index is 0.877. The van der Waals surface area contributed by atoms with Gasteiger partial charge in [-0.25, -0.2) is 0 Å². The van der Waals surface area contributed by atoms with Gasteiger partial charge < -0.3 is 13.9 Å². The van der Waals surface area contributed by atoms with Crippen molar-refractivity contribution in [2.45, 2.75) is 0 Å². The van der Waals surface area contributed by atoms with Crippen molar-refractivity contribution in [3.8, 4) is 50.2 Å². The second-order valence-electron chi connectivity index (χ2n) is 17.2. The summed E-state index contributed by atoms with van der Waals surface area (Å²) in [6.45, 7) is 0. The van der Waals surface area contributed by atoms with Crippen LogP contribution >= 0.6 is 0 Å². The summed E-state index contributed by atoms with van der Waals surface area (Å²) >= 11 is 0. The molecule has 13 aromatic rings. The molecule has 0 aliphatic heterocycles. The molecular weight excluding hydrogens is 813 g/mol. The molecule has 67 heavy (non-hydrogen) atoms. The van der Waals surface area contributed by atoms with Gasteiger partial charge in [0.2, 0.25) is 0 Å². The Morgan fingerprint density at radius 1 is 0.313 bits per heavy atom. The molecule has 13 rings (SSSR count). The van der Waals surface area contributed by atoms with Gasteiger partial charge in [-0.15, -0.1) is 0 Å². The fraction of sp³-hybridized carbons (Fsp3) is 0. The molecule has 2 aromatic heterocycles. The number of rotatable bonds is 8. The minimum Gasteiger partial charge on any atom is -0.456 e. The van der Waals surface area contributed by atoms with Crippen LogP contribution in [0.25, 0.3) is 105 Å². The first kappa shape index (κ1) is 38.5.